The predicted molar refractivity (Wildman–Crippen MR) is 110 cm³/mol. The molecule has 1 aliphatic heterocycles. The molecule has 0 N–H and O–H groups in total. The van der Waals surface area contributed by atoms with Crippen LogP contribution in [0.25, 0.3) is 5.69 Å². The monoisotopic (exact) mass is 400 g/mol. The summed E-state index contributed by atoms with van der Waals surface area (Å²) >= 11 is 7.78. The summed E-state index contributed by atoms with van der Waals surface area (Å²) in [5.41, 5.74) is 3.45. The number of aromatic nitrogens is 3. The molecule has 2 heterocycles. The summed E-state index contributed by atoms with van der Waals surface area (Å²) in [6.45, 7) is 5.17. The highest BCUT2D eigenvalue weighted by molar-refractivity contribution is 7.98. The summed E-state index contributed by atoms with van der Waals surface area (Å²) in [4.78, 5) is 2.24. The van der Waals surface area contributed by atoms with E-state index in [4.69, 9.17) is 16.3 Å². The van der Waals surface area contributed by atoms with Crippen molar-refractivity contribution >= 4 is 29.3 Å². The lowest BCUT2D eigenvalue weighted by atomic mass is 10.2. The minimum absolute atomic E-state index is 0.714. The minimum atomic E-state index is 0.714. The summed E-state index contributed by atoms with van der Waals surface area (Å²) in [5.74, 6) is 1.66. The number of hydrogen-bond donors (Lipinski definition) is 0. The molecule has 1 fully saturated rings. The average Bonchev–Trinajstić information content (AvgIpc) is 3.11. The molecule has 2 aromatic carbocycles. The van der Waals surface area contributed by atoms with Crippen LogP contribution in [0.5, 0.6) is 0 Å². The van der Waals surface area contributed by atoms with Crippen LogP contribution in [-0.4, -0.2) is 41.1 Å². The highest BCUT2D eigenvalue weighted by atomic mass is 35.5. The van der Waals surface area contributed by atoms with Gasteiger partial charge in [-0.1, -0.05) is 47.6 Å². The van der Waals surface area contributed by atoms with E-state index in [-0.39, 0.29) is 0 Å². The summed E-state index contributed by atoms with van der Waals surface area (Å²) in [5, 5.41) is 10.6. The Bertz CT molecular complexity index is 924. The molecule has 3 aromatic rings. The Labute approximate surface area is 168 Å². The normalized spacial score (nSPS) is 14.5. The Morgan fingerprint density at radius 3 is 2.67 bits per heavy atom. The van der Waals surface area contributed by atoms with Gasteiger partial charge in [-0.05, 0) is 42.3 Å². The third kappa shape index (κ3) is 4.29. The molecule has 140 valence electrons. The molecule has 27 heavy (non-hydrogen) atoms. The third-order valence-electron chi connectivity index (χ3n) is 4.43. The molecule has 0 spiro atoms. The smallest absolute Gasteiger partial charge is 0.232 e. The lowest BCUT2D eigenvalue weighted by Crippen LogP contribution is -2.37. The Morgan fingerprint density at radius 1 is 1.07 bits per heavy atom. The van der Waals surface area contributed by atoms with Gasteiger partial charge in [0.15, 0.2) is 5.16 Å². The van der Waals surface area contributed by atoms with Gasteiger partial charge in [0.2, 0.25) is 5.95 Å². The van der Waals surface area contributed by atoms with Crippen molar-refractivity contribution in [2.45, 2.75) is 17.8 Å². The molecule has 5 nitrogen and oxygen atoms in total. The molecule has 0 amide bonds. The standard InChI is InChI=1S/C20H21ClN4OS/c1-15-4-2-7-18(12-15)25-19(24-8-10-26-11-9-24)22-23-20(25)27-14-16-5-3-6-17(21)13-16/h2-7,12-13H,8-11,14H2,1H3. The minimum Gasteiger partial charge on any atom is -0.378 e. The van der Waals surface area contributed by atoms with Crippen molar-refractivity contribution in [1.82, 2.24) is 14.8 Å². The van der Waals surface area contributed by atoms with E-state index in [2.05, 4.69) is 56.9 Å². The molecule has 1 saturated heterocycles. The number of rotatable bonds is 5. The molecule has 0 unspecified atom stereocenters. The zero-order valence-corrected chi connectivity index (χ0v) is 16.7. The fourth-order valence-corrected chi connectivity index (χ4v) is 4.19. The number of nitrogens with zero attached hydrogens (tertiary/aromatic N) is 4. The highest BCUT2D eigenvalue weighted by Crippen LogP contribution is 2.30. The van der Waals surface area contributed by atoms with Crippen LogP contribution >= 0.6 is 23.4 Å². The van der Waals surface area contributed by atoms with Crippen LogP contribution in [-0.2, 0) is 10.5 Å². The topological polar surface area (TPSA) is 43.2 Å². The van der Waals surface area contributed by atoms with E-state index in [1.807, 2.05) is 18.2 Å². The molecule has 7 heteroatoms. The van der Waals surface area contributed by atoms with Crippen LogP contribution < -0.4 is 4.90 Å². The van der Waals surface area contributed by atoms with E-state index < -0.39 is 0 Å². The maximum atomic E-state index is 6.12. The lowest BCUT2D eigenvalue weighted by Gasteiger charge is -2.28. The largest absolute Gasteiger partial charge is 0.378 e. The van der Waals surface area contributed by atoms with Crippen LogP contribution in [0.15, 0.2) is 53.7 Å². The van der Waals surface area contributed by atoms with Crippen molar-refractivity contribution < 1.29 is 4.74 Å². The van der Waals surface area contributed by atoms with Crippen molar-refractivity contribution in [1.29, 1.82) is 0 Å². The first-order valence-corrected chi connectivity index (χ1v) is 10.3. The van der Waals surface area contributed by atoms with Crippen LogP contribution in [0.1, 0.15) is 11.1 Å². The van der Waals surface area contributed by atoms with E-state index in [9.17, 15) is 0 Å². The van der Waals surface area contributed by atoms with E-state index in [1.165, 1.54) is 11.1 Å². The second kappa shape index (κ2) is 8.33. The average molecular weight is 401 g/mol. The quantitative estimate of drug-likeness (QED) is 0.595. The van der Waals surface area contributed by atoms with Crippen LogP contribution in [0.4, 0.5) is 5.95 Å². The zero-order chi connectivity index (χ0) is 18.6. The first-order chi connectivity index (χ1) is 13.2. The van der Waals surface area contributed by atoms with E-state index in [0.29, 0.717) is 13.2 Å². The third-order valence-corrected chi connectivity index (χ3v) is 5.66. The van der Waals surface area contributed by atoms with Gasteiger partial charge in [-0.15, -0.1) is 10.2 Å². The Balaban J connectivity index is 1.67. The molecule has 0 radical (unpaired) electrons. The number of thioether (sulfide) groups is 1. The van der Waals surface area contributed by atoms with Crippen molar-refractivity contribution in [3.05, 3.63) is 64.7 Å². The molecule has 0 saturated carbocycles. The fourth-order valence-electron chi connectivity index (χ4n) is 3.09. The molecule has 0 aliphatic carbocycles. The fraction of sp³-hybridized carbons (Fsp3) is 0.300. The highest BCUT2D eigenvalue weighted by Gasteiger charge is 2.21. The maximum absolute atomic E-state index is 6.12. The van der Waals surface area contributed by atoms with Gasteiger partial charge in [0, 0.05) is 23.9 Å². The van der Waals surface area contributed by atoms with Gasteiger partial charge < -0.3 is 9.64 Å². The van der Waals surface area contributed by atoms with E-state index in [1.54, 1.807) is 11.8 Å². The Morgan fingerprint density at radius 2 is 1.89 bits per heavy atom. The summed E-state index contributed by atoms with van der Waals surface area (Å²) in [6.07, 6.45) is 0. The maximum Gasteiger partial charge on any atom is 0.232 e. The Kier molecular flexibility index (Phi) is 5.66. The lowest BCUT2D eigenvalue weighted by molar-refractivity contribution is 0.122. The summed E-state index contributed by atoms with van der Waals surface area (Å²) in [6, 6.07) is 16.4. The molecular formula is C20H21ClN4OS. The number of halogens is 1. The van der Waals surface area contributed by atoms with Gasteiger partial charge in [-0.2, -0.15) is 0 Å². The second-order valence-electron chi connectivity index (χ2n) is 6.48. The van der Waals surface area contributed by atoms with Gasteiger partial charge in [0.1, 0.15) is 0 Å². The van der Waals surface area contributed by atoms with Crippen LogP contribution in [0.3, 0.4) is 0 Å². The number of benzene rings is 2. The molecule has 0 bridgehead atoms. The molecule has 4 rings (SSSR count). The second-order valence-corrected chi connectivity index (χ2v) is 7.85. The van der Waals surface area contributed by atoms with Crippen molar-refractivity contribution in [2.75, 3.05) is 31.2 Å². The molecular weight excluding hydrogens is 380 g/mol. The van der Waals surface area contributed by atoms with Gasteiger partial charge in [0.05, 0.1) is 18.9 Å². The first kappa shape index (κ1) is 18.3. The van der Waals surface area contributed by atoms with Gasteiger partial charge >= 0.3 is 0 Å². The van der Waals surface area contributed by atoms with Crippen LogP contribution in [0, 0.1) is 6.92 Å². The summed E-state index contributed by atoms with van der Waals surface area (Å²) < 4.78 is 7.64. The van der Waals surface area contributed by atoms with Crippen LogP contribution in [0.2, 0.25) is 5.02 Å². The van der Waals surface area contributed by atoms with E-state index >= 15 is 0 Å². The number of aryl methyl sites for hydroxylation is 1. The number of anilines is 1. The van der Waals surface area contributed by atoms with Gasteiger partial charge in [-0.25, -0.2) is 0 Å². The SMILES string of the molecule is Cc1cccc(-n2c(SCc3cccc(Cl)c3)nnc2N2CCOCC2)c1. The zero-order valence-electron chi connectivity index (χ0n) is 15.1. The Hall–Kier alpha value is -2.02. The number of hydrogen-bond acceptors (Lipinski definition) is 5. The first-order valence-electron chi connectivity index (χ1n) is 8.93. The molecule has 0 atom stereocenters. The van der Waals surface area contributed by atoms with Crippen molar-refractivity contribution in [3.8, 4) is 5.69 Å². The predicted octanol–water partition coefficient (Wildman–Crippen LogP) is 4.36. The van der Waals surface area contributed by atoms with Crippen molar-refractivity contribution in [2.24, 2.45) is 0 Å². The molecule has 1 aliphatic rings. The van der Waals surface area contributed by atoms with Gasteiger partial charge in [-0.3, -0.25) is 4.57 Å². The van der Waals surface area contributed by atoms with E-state index in [0.717, 1.165) is 40.7 Å². The van der Waals surface area contributed by atoms with Gasteiger partial charge in [0.25, 0.3) is 0 Å². The number of morpholine rings is 1. The molecule has 1 aromatic heterocycles. The van der Waals surface area contributed by atoms with Crippen molar-refractivity contribution in [3.63, 3.8) is 0 Å². The summed E-state index contributed by atoms with van der Waals surface area (Å²) in [7, 11) is 0. The number of ether oxygens (including phenoxy) is 1.